The van der Waals surface area contributed by atoms with Gasteiger partial charge in [0.25, 0.3) is 0 Å². The van der Waals surface area contributed by atoms with Gasteiger partial charge in [0.15, 0.2) is 0 Å². The molecule has 0 heterocycles. The zero-order chi connectivity index (χ0) is 28.4. The van der Waals surface area contributed by atoms with Crippen LogP contribution in [0.5, 0.6) is 0 Å². The van der Waals surface area contributed by atoms with Crippen LogP contribution in [-0.2, 0) is 29.1 Å². The van der Waals surface area contributed by atoms with E-state index in [0.717, 1.165) is 24.3 Å². The molecule has 7 heteroatoms. The Bertz CT molecular complexity index is 439. The van der Waals surface area contributed by atoms with Crippen LogP contribution < -0.4 is 10.2 Å². The Kier molecular flexibility index (Phi) is 45.3. The molecule has 0 spiro atoms. The third-order valence-corrected chi connectivity index (χ3v) is 8.76. The number of carboxylic acids is 2. The molecule has 0 bridgehead atoms. The van der Waals surface area contributed by atoms with E-state index < -0.39 is 11.9 Å². The fourth-order valence-corrected chi connectivity index (χ4v) is 5.84. The summed E-state index contributed by atoms with van der Waals surface area (Å²) in [5.74, 6) is 0.347. The minimum Gasteiger partial charge on any atom is -0.549 e. The van der Waals surface area contributed by atoms with Gasteiger partial charge in [-0.15, -0.1) is 0 Å². The number of hydrogen-bond acceptors (Lipinski definition) is 6. The molecule has 0 saturated carbocycles. The SMILES string of the molecule is CCCCCCCCCCCCCCSCC(=O)[O-].CCCCCCCCCCCCCCSCC(=O)[O-].[Zn+2]. The minimum absolute atomic E-state index is 0. The monoisotopic (exact) mass is 638 g/mol. The van der Waals surface area contributed by atoms with Gasteiger partial charge in [0.05, 0.1) is 11.9 Å². The third-order valence-electron chi connectivity index (χ3n) is 6.72. The van der Waals surface area contributed by atoms with E-state index in [0.29, 0.717) is 0 Å². The van der Waals surface area contributed by atoms with Crippen LogP contribution in [0.15, 0.2) is 0 Å². The van der Waals surface area contributed by atoms with Crippen LogP contribution in [0.25, 0.3) is 0 Å². The zero-order valence-electron chi connectivity index (χ0n) is 26.0. The van der Waals surface area contributed by atoms with Gasteiger partial charge in [-0.1, -0.05) is 155 Å². The molecule has 0 fully saturated rings. The quantitative estimate of drug-likeness (QED) is 0.0580. The molecule has 0 aromatic rings. The molecule has 0 aromatic carbocycles. The number of unbranched alkanes of at least 4 members (excludes halogenated alkanes) is 22. The second-order valence-corrected chi connectivity index (χ2v) is 12.8. The number of carboxylic acid groups (broad SMARTS) is 2. The number of hydrogen-bond donors (Lipinski definition) is 0. The number of thioether (sulfide) groups is 2. The summed E-state index contributed by atoms with van der Waals surface area (Å²) >= 11 is 2.96. The van der Waals surface area contributed by atoms with Crippen LogP contribution in [0, 0.1) is 0 Å². The number of rotatable bonds is 30. The second kappa shape index (κ2) is 40.4. The molecule has 39 heavy (non-hydrogen) atoms. The Hall–Kier alpha value is 0.263. The average Bonchev–Trinajstić information content (AvgIpc) is 2.89. The van der Waals surface area contributed by atoms with E-state index >= 15 is 0 Å². The summed E-state index contributed by atoms with van der Waals surface area (Å²) in [5.41, 5.74) is 0. The Morgan fingerprint density at radius 3 is 0.821 bits per heavy atom. The molecule has 0 aliphatic rings. The van der Waals surface area contributed by atoms with E-state index in [1.807, 2.05) is 0 Å². The summed E-state index contributed by atoms with van der Waals surface area (Å²) in [6.45, 7) is 4.52. The van der Waals surface area contributed by atoms with Crippen molar-refractivity contribution in [3.8, 4) is 0 Å². The fraction of sp³-hybridized carbons (Fsp3) is 0.938. The van der Waals surface area contributed by atoms with E-state index in [1.165, 1.54) is 165 Å². The predicted octanol–water partition coefficient (Wildman–Crippen LogP) is 8.34. The summed E-state index contributed by atoms with van der Waals surface area (Å²) in [4.78, 5) is 20.4. The van der Waals surface area contributed by atoms with Gasteiger partial charge < -0.3 is 19.8 Å². The van der Waals surface area contributed by atoms with Gasteiger partial charge in [-0.25, -0.2) is 0 Å². The van der Waals surface area contributed by atoms with Gasteiger partial charge in [0, 0.05) is 11.5 Å². The maximum absolute atomic E-state index is 10.2. The molecule has 228 valence electrons. The number of carbonyl (C=O) groups is 2. The normalized spacial score (nSPS) is 10.5. The molecule has 0 aromatic heterocycles. The van der Waals surface area contributed by atoms with Crippen molar-refractivity contribution < 1.29 is 39.3 Å². The Labute approximate surface area is 264 Å². The summed E-state index contributed by atoms with van der Waals surface area (Å²) in [6, 6.07) is 0. The van der Waals surface area contributed by atoms with Gasteiger partial charge in [0.2, 0.25) is 0 Å². The van der Waals surface area contributed by atoms with Crippen molar-refractivity contribution in [2.75, 3.05) is 23.0 Å². The molecule has 4 nitrogen and oxygen atoms in total. The topological polar surface area (TPSA) is 80.3 Å². The Morgan fingerprint density at radius 2 is 0.615 bits per heavy atom. The molecule has 0 aliphatic heterocycles. The molecule has 0 radical (unpaired) electrons. The van der Waals surface area contributed by atoms with E-state index in [1.54, 1.807) is 0 Å². The predicted molar refractivity (Wildman–Crippen MR) is 167 cm³/mol. The average molecular weight is 640 g/mol. The molecular weight excluding hydrogens is 578 g/mol. The molecule has 0 saturated heterocycles. The van der Waals surface area contributed by atoms with Crippen LogP contribution in [0.3, 0.4) is 0 Å². The molecule has 0 unspecified atom stereocenters. The van der Waals surface area contributed by atoms with Gasteiger partial charge >= 0.3 is 19.5 Å². The Morgan fingerprint density at radius 1 is 0.410 bits per heavy atom. The minimum atomic E-state index is -0.941. The van der Waals surface area contributed by atoms with Gasteiger partial charge in [0.1, 0.15) is 0 Å². The van der Waals surface area contributed by atoms with Crippen molar-refractivity contribution in [3.05, 3.63) is 0 Å². The summed E-state index contributed by atoms with van der Waals surface area (Å²) < 4.78 is 0. The van der Waals surface area contributed by atoms with Crippen LogP contribution in [0.2, 0.25) is 0 Å². The van der Waals surface area contributed by atoms with Crippen LogP contribution in [0.1, 0.15) is 168 Å². The molecule has 0 rings (SSSR count). The van der Waals surface area contributed by atoms with Crippen LogP contribution in [-0.4, -0.2) is 35.0 Å². The summed E-state index contributed by atoms with van der Waals surface area (Å²) in [5, 5.41) is 20.4. The van der Waals surface area contributed by atoms with Crippen molar-refractivity contribution in [1.29, 1.82) is 0 Å². The summed E-state index contributed by atoms with van der Waals surface area (Å²) in [6.07, 6.45) is 32.4. The zero-order valence-corrected chi connectivity index (χ0v) is 30.6. The molecule has 0 aliphatic carbocycles. The molecule has 0 N–H and O–H groups in total. The van der Waals surface area contributed by atoms with Crippen molar-refractivity contribution in [1.82, 2.24) is 0 Å². The molecule has 0 atom stereocenters. The van der Waals surface area contributed by atoms with Gasteiger partial charge in [-0.2, -0.15) is 23.5 Å². The smallest absolute Gasteiger partial charge is 0.549 e. The van der Waals surface area contributed by atoms with Crippen LogP contribution >= 0.6 is 23.5 Å². The van der Waals surface area contributed by atoms with Gasteiger partial charge in [-0.05, 0) is 24.3 Å². The van der Waals surface area contributed by atoms with E-state index in [2.05, 4.69) is 13.8 Å². The molecule has 0 amide bonds. The maximum atomic E-state index is 10.2. The Balaban J connectivity index is -0.000000648. The molecular formula is C32H62O4S2Zn. The van der Waals surface area contributed by atoms with Crippen molar-refractivity contribution in [3.63, 3.8) is 0 Å². The number of carbonyl (C=O) groups excluding carboxylic acids is 2. The first-order chi connectivity index (χ1) is 18.5. The largest absolute Gasteiger partial charge is 2.00 e. The first kappa shape index (κ1) is 43.7. The first-order valence-corrected chi connectivity index (χ1v) is 18.4. The maximum Gasteiger partial charge on any atom is 2.00 e. The number of aliphatic carboxylic acids is 2. The first-order valence-electron chi connectivity index (χ1n) is 16.1. The van der Waals surface area contributed by atoms with E-state index in [9.17, 15) is 19.8 Å². The summed E-state index contributed by atoms with van der Waals surface area (Å²) in [7, 11) is 0. The van der Waals surface area contributed by atoms with Crippen LogP contribution in [0.4, 0.5) is 0 Å². The van der Waals surface area contributed by atoms with Gasteiger partial charge in [-0.3, -0.25) is 0 Å². The van der Waals surface area contributed by atoms with Crippen molar-refractivity contribution in [2.24, 2.45) is 0 Å². The van der Waals surface area contributed by atoms with E-state index in [-0.39, 0.29) is 31.0 Å². The fourth-order valence-electron chi connectivity index (χ4n) is 4.40. The third kappa shape index (κ3) is 48.3. The van der Waals surface area contributed by atoms with Crippen molar-refractivity contribution in [2.45, 2.75) is 168 Å². The second-order valence-electron chi connectivity index (χ2n) is 10.6. The van der Waals surface area contributed by atoms with E-state index in [4.69, 9.17) is 0 Å². The van der Waals surface area contributed by atoms with Crippen molar-refractivity contribution >= 4 is 35.5 Å². The standard InChI is InChI=1S/2C16H32O2S.Zn/c2*1-2-3-4-5-6-7-8-9-10-11-12-13-14-19-15-16(17)18;/h2*2-15H2,1H3,(H,17,18);/q;;+2/p-2.